The van der Waals surface area contributed by atoms with Crippen molar-refractivity contribution in [2.45, 2.75) is 6.42 Å². The highest BCUT2D eigenvalue weighted by molar-refractivity contribution is 5.88. The lowest BCUT2D eigenvalue weighted by Gasteiger charge is -2.30. The third kappa shape index (κ3) is 3.21. The van der Waals surface area contributed by atoms with Gasteiger partial charge in [-0.1, -0.05) is 30.4 Å². The molecule has 3 heterocycles. The van der Waals surface area contributed by atoms with Crippen LogP contribution in [0.2, 0.25) is 0 Å². The van der Waals surface area contributed by atoms with E-state index in [9.17, 15) is 0 Å². The Morgan fingerprint density at radius 1 is 0.917 bits per heavy atom. The lowest BCUT2D eigenvalue weighted by molar-refractivity contribution is 0.0377. The van der Waals surface area contributed by atoms with Crippen LogP contribution in [0.15, 0.2) is 42.7 Å². The molecule has 0 aliphatic carbocycles. The molecule has 24 heavy (non-hydrogen) atoms. The molecule has 1 aromatic carbocycles. The number of nitrogens with zero attached hydrogens (tertiary/aromatic N) is 3. The Hall–Kier alpha value is -2.17. The smallest absolute Gasteiger partial charge is 0.0594 e. The van der Waals surface area contributed by atoms with E-state index < -0.39 is 0 Å². The summed E-state index contributed by atoms with van der Waals surface area (Å²) in [5, 5.41) is 0. The maximum absolute atomic E-state index is 5.44. The fourth-order valence-corrected chi connectivity index (χ4v) is 3.48. The first-order valence-corrected chi connectivity index (χ1v) is 8.70. The van der Waals surface area contributed by atoms with E-state index in [0.717, 1.165) is 45.8 Å². The van der Waals surface area contributed by atoms with Crippen LogP contribution in [-0.2, 0) is 4.74 Å². The van der Waals surface area contributed by atoms with Crippen molar-refractivity contribution in [3.8, 4) is 0 Å². The maximum atomic E-state index is 5.44. The van der Waals surface area contributed by atoms with Crippen molar-refractivity contribution in [1.29, 1.82) is 0 Å². The number of fused-ring (bicyclic) bond motifs is 2. The van der Waals surface area contributed by atoms with Crippen LogP contribution in [-0.4, -0.2) is 49.3 Å². The van der Waals surface area contributed by atoms with Gasteiger partial charge in [0.15, 0.2) is 0 Å². The van der Waals surface area contributed by atoms with E-state index in [-0.39, 0.29) is 0 Å². The fourth-order valence-electron chi connectivity index (χ4n) is 3.48. The van der Waals surface area contributed by atoms with Crippen LogP contribution in [0.1, 0.15) is 17.5 Å². The first-order chi connectivity index (χ1) is 11.9. The number of anilines is 2. The Labute approximate surface area is 143 Å². The molecule has 0 N–H and O–H groups in total. The van der Waals surface area contributed by atoms with Crippen LogP contribution in [0.5, 0.6) is 0 Å². The molecule has 0 unspecified atom stereocenters. The summed E-state index contributed by atoms with van der Waals surface area (Å²) in [7, 11) is 0. The lowest BCUT2D eigenvalue weighted by atomic mass is 10.1. The molecule has 2 aliphatic heterocycles. The molecular formula is C20H23N3O. The van der Waals surface area contributed by atoms with Gasteiger partial charge in [0.25, 0.3) is 0 Å². The van der Waals surface area contributed by atoms with Crippen molar-refractivity contribution in [2.75, 3.05) is 44.3 Å². The molecule has 1 aromatic heterocycles. The molecule has 4 heteroatoms. The van der Waals surface area contributed by atoms with Gasteiger partial charge in [-0.25, -0.2) is 0 Å². The van der Waals surface area contributed by atoms with Gasteiger partial charge in [0, 0.05) is 49.8 Å². The Morgan fingerprint density at radius 3 is 2.62 bits per heavy atom. The molecule has 2 aromatic rings. The molecule has 0 spiro atoms. The number of hydrogen-bond donors (Lipinski definition) is 0. The van der Waals surface area contributed by atoms with Crippen LogP contribution in [0.25, 0.3) is 12.2 Å². The maximum Gasteiger partial charge on any atom is 0.0594 e. The van der Waals surface area contributed by atoms with Gasteiger partial charge in [0.05, 0.1) is 18.9 Å². The van der Waals surface area contributed by atoms with E-state index >= 15 is 0 Å². The van der Waals surface area contributed by atoms with E-state index in [4.69, 9.17) is 4.74 Å². The number of rotatable bonds is 4. The molecule has 1 saturated heterocycles. The second-order valence-corrected chi connectivity index (χ2v) is 6.29. The highest BCUT2D eigenvalue weighted by atomic mass is 16.5. The minimum Gasteiger partial charge on any atom is -0.379 e. The van der Waals surface area contributed by atoms with Crippen molar-refractivity contribution >= 4 is 23.5 Å². The number of hydrogen-bond acceptors (Lipinski definition) is 4. The molecule has 0 radical (unpaired) electrons. The summed E-state index contributed by atoms with van der Waals surface area (Å²) in [6.07, 6.45) is 9.33. The van der Waals surface area contributed by atoms with Crippen LogP contribution >= 0.6 is 0 Å². The van der Waals surface area contributed by atoms with E-state index in [0.29, 0.717) is 0 Å². The summed E-state index contributed by atoms with van der Waals surface area (Å²) in [5.41, 5.74) is 4.97. The summed E-state index contributed by atoms with van der Waals surface area (Å²) in [4.78, 5) is 9.23. The van der Waals surface area contributed by atoms with Gasteiger partial charge in [0.2, 0.25) is 0 Å². The van der Waals surface area contributed by atoms with Crippen molar-refractivity contribution in [3.63, 3.8) is 0 Å². The average molecular weight is 321 g/mol. The normalized spacial score (nSPS) is 17.2. The second kappa shape index (κ2) is 7.16. The van der Waals surface area contributed by atoms with Crippen LogP contribution < -0.4 is 4.90 Å². The second-order valence-electron chi connectivity index (χ2n) is 6.29. The van der Waals surface area contributed by atoms with Gasteiger partial charge in [-0.3, -0.25) is 9.88 Å². The molecule has 0 atom stereocenters. The van der Waals surface area contributed by atoms with Crippen molar-refractivity contribution in [2.24, 2.45) is 0 Å². The first kappa shape index (κ1) is 15.4. The highest BCUT2D eigenvalue weighted by Gasteiger charge is 2.18. The fraction of sp³-hybridized carbons (Fsp3) is 0.350. The van der Waals surface area contributed by atoms with E-state index in [2.05, 4.69) is 57.3 Å². The largest absolute Gasteiger partial charge is 0.379 e. The van der Waals surface area contributed by atoms with Crippen molar-refractivity contribution in [1.82, 2.24) is 9.88 Å². The molecule has 2 aliphatic rings. The average Bonchev–Trinajstić information content (AvgIpc) is 2.80. The van der Waals surface area contributed by atoms with Gasteiger partial charge in [-0.05, 0) is 24.1 Å². The highest BCUT2D eigenvalue weighted by Crippen LogP contribution is 2.35. The number of ether oxygens (including phenoxy) is 1. The minimum absolute atomic E-state index is 0.866. The van der Waals surface area contributed by atoms with Gasteiger partial charge >= 0.3 is 0 Å². The molecule has 4 rings (SSSR count). The Balaban J connectivity index is 1.55. The van der Waals surface area contributed by atoms with Gasteiger partial charge in [-0.2, -0.15) is 0 Å². The third-order valence-corrected chi connectivity index (χ3v) is 4.75. The predicted octanol–water partition coefficient (Wildman–Crippen LogP) is 3.43. The third-order valence-electron chi connectivity index (χ3n) is 4.75. The van der Waals surface area contributed by atoms with E-state index in [1.807, 2.05) is 12.4 Å². The Bertz CT molecular complexity index is 673. The molecule has 124 valence electrons. The van der Waals surface area contributed by atoms with E-state index in [1.165, 1.54) is 22.5 Å². The van der Waals surface area contributed by atoms with Gasteiger partial charge in [0.1, 0.15) is 0 Å². The molecule has 0 amide bonds. The van der Waals surface area contributed by atoms with Crippen LogP contribution in [0.4, 0.5) is 11.4 Å². The summed E-state index contributed by atoms with van der Waals surface area (Å²) in [5.74, 6) is 0. The summed E-state index contributed by atoms with van der Waals surface area (Å²) >= 11 is 0. The first-order valence-electron chi connectivity index (χ1n) is 8.70. The standard InChI is InChI=1S/C20H23N3O/c1-2-5-19-17(4-1)6-7-18-16-21-9-8-20(18)23(19)11-3-10-22-12-14-24-15-13-22/h1-2,4-9,16H,3,10-15H2. The summed E-state index contributed by atoms with van der Waals surface area (Å²) in [6.45, 7) is 5.97. The van der Waals surface area contributed by atoms with E-state index in [1.54, 1.807) is 0 Å². The van der Waals surface area contributed by atoms with Gasteiger partial charge in [-0.15, -0.1) is 0 Å². The zero-order valence-electron chi connectivity index (χ0n) is 13.9. The number of benzene rings is 1. The zero-order valence-corrected chi connectivity index (χ0v) is 13.9. The molecular weight excluding hydrogens is 298 g/mol. The van der Waals surface area contributed by atoms with Crippen LogP contribution in [0.3, 0.4) is 0 Å². The van der Waals surface area contributed by atoms with Gasteiger partial charge < -0.3 is 9.64 Å². The predicted molar refractivity (Wildman–Crippen MR) is 98.5 cm³/mol. The number of aromatic nitrogens is 1. The Kier molecular flexibility index (Phi) is 4.58. The Morgan fingerprint density at radius 2 is 1.71 bits per heavy atom. The molecule has 0 bridgehead atoms. The monoisotopic (exact) mass is 321 g/mol. The summed E-state index contributed by atoms with van der Waals surface area (Å²) < 4.78 is 5.44. The number of para-hydroxylation sites is 1. The quantitative estimate of drug-likeness (QED) is 0.863. The lowest BCUT2D eigenvalue weighted by Crippen LogP contribution is -2.37. The molecule has 1 fully saturated rings. The SMILES string of the molecule is C1=Cc2cnccc2N(CCCN2CCOCC2)c2ccccc21. The topological polar surface area (TPSA) is 28.6 Å². The molecule has 0 saturated carbocycles. The number of morpholine rings is 1. The minimum atomic E-state index is 0.866. The van der Waals surface area contributed by atoms with Crippen molar-refractivity contribution < 1.29 is 4.74 Å². The molecule has 4 nitrogen and oxygen atoms in total. The summed E-state index contributed by atoms with van der Waals surface area (Å²) in [6, 6.07) is 10.7. The zero-order chi connectivity index (χ0) is 16.2. The van der Waals surface area contributed by atoms with Crippen molar-refractivity contribution in [3.05, 3.63) is 53.9 Å². The number of pyridine rings is 1. The van der Waals surface area contributed by atoms with Crippen LogP contribution in [0, 0.1) is 0 Å².